The molecule has 0 saturated heterocycles. The fraction of sp³-hybridized carbons (Fsp3) is 0.125. The Hall–Kier alpha value is -2.62. The van der Waals surface area contributed by atoms with Gasteiger partial charge < -0.3 is 9.84 Å². The van der Waals surface area contributed by atoms with E-state index in [0.29, 0.717) is 11.1 Å². The van der Waals surface area contributed by atoms with E-state index in [4.69, 9.17) is 0 Å². The lowest BCUT2D eigenvalue weighted by atomic mass is 10.0. The number of benzene rings is 2. The molecule has 0 unspecified atom stereocenters. The van der Waals surface area contributed by atoms with Crippen LogP contribution in [0.25, 0.3) is 0 Å². The first-order valence-corrected chi connectivity index (χ1v) is 6.09. The second kappa shape index (κ2) is 6.02. The van der Waals surface area contributed by atoms with Crippen LogP contribution in [0, 0.1) is 0 Å². The van der Waals surface area contributed by atoms with E-state index in [1.807, 2.05) is 0 Å². The van der Waals surface area contributed by atoms with Gasteiger partial charge in [0.2, 0.25) is 0 Å². The molecule has 0 atom stereocenters. The number of phenolic OH excluding ortho intramolecular Hbond substituents is 1. The fourth-order valence-electron chi connectivity index (χ4n) is 1.86. The molecule has 0 fully saturated rings. The van der Waals surface area contributed by atoms with Crippen molar-refractivity contribution in [2.75, 3.05) is 7.11 Å². The Morgan fingerprint density at radius 3 is 2.40 bits per heavy atom. The van der Waals surface area contributed by atoms with Crippen LogP contribution in [-0.2, 0) is 11.2 Å². The van der Waals surface area contributed by atoms with E-state index in [1.54, 1.807) is 36.4 Å². The normalized spacial score (nSPS) is 10.1. The molecule has 1 N–H and O–H groups in total. The van der Waals surface area contributed by atoms with E-state index < -0.39 is 5.97 Å². The first kappa shape index (κ1) is 13.8. The highest BCUT2D eigenvalue weighted by Crippen LogP contribution is 2.14. The summed E-state index contributed by atoms with van der Waals surface area (Å²) in [5.74, 6) is -0.384. The Morgan fingerprint density at radius 2 is 1.75 bits per heavy atom. The zero-order valence-electron chi connectivity index (χ0n) is 11.0. The first-order valence-electron chi connectivity index (χ1n) is 6.09. The van der Waals surface area contributed by atoms with Gasteiger partial charge in [-0.05, 0) is 42.0 Å². The topological polar surface area (TPSA) is 63.6 Å². The number of esters is 1. The number of methoxy groups -OCH3 is 1. The Balaban J connectivity index is 2.15. The summed E-state index contributed by atoms with van der Waals surface area (Å²) in [5, 5.41) is 9.19. The maximum Gasteiger partial charge on any atom is 0.337 e. The van der Waals surface area contributed by atoms with Gasteiger partial charge in [-0.3, -0.25) is 4.79 Å². The van der Waals surface area contributed by atoms with Crippen LogP contribution in [0.1, 0.15) is 26.3 Å². The molecule has 20 heavy (non-hydrogen) atoms. The van der Waals surface area contributed by atoms with Crippen molar-refractivity contribution in [3.05, 3.63) is 65.2 Å². The molecule has 0 heterocycles. The molecule has 0 bridgehead atoms. The standard InChI is InChI=1S/C16H14O4/c1-20-16(19)13-4-2-3-11(9-13)10-15(18)12-5-7-14(17)8-6-12/h2-9,17H,10H2,1H3. The summed E-state index contributed by atoms with van der Waals surface area (Å²) in [5.41, 5.74) is 1.68. The van der Waals surface area contributed by atoms with Gasteiger partial charge in [0.15, 0.2) is 5.78 Å². The zero-order valence-corrected chi connectivity index (χ0v) is 11.0. The summed E-state index contributed by atoms with van der Waals surface area (Å²) < 4.78 is 4.64. The van der Waals surface area contributed by atoms with Crippen molar-refractivity contribution in [1.82, 2.24) is 0 Å². The van der Waals surface area contributed by atoms with Crippen molar-refractivity contribution >= 4 is 11.8 Å². The first-order chi connectivity index (χ1) is 9.60. The highest BCUT2D eigenvalue weighted by atomic mass is 16.5. The molecule has 0 aliphatic heterocycles. The van der Waals surface area contributed by atoms with Crippen LogP contribution in [0.2, 0.25) is 0 Å². The average molecular weight is 270 g/mol. The van der Waals surface area contributed by atoms with E-state index in [1.165, 1.54) is 19.2 Å². The third kappa shape index (κ3) is 3.23. The van der Waals surface area contributed by atoms with Crippen LogP contribution >= 0.6 is 0 Å². The monoisotopic (exact) mass is 270 g/mol. The molecule has 4 nitrogen and oxygen atoms in total. The Morgan fingerprint density at radius 1 is 1.05 bits per heavy atom. The lowest BCUT2D eigenvalue weighted by Gasteiger charge is -2.04. The molecule has 0 spiro atoms. The fourth-order valence-corrected chi connectivity index (χ4v) is 1.86. The third-order valence-electron chi connectivity index (χ3n) is 2.90. The van der Waals surface area contributed by atoms with Gasteiger partial charge >= 0.3 is 5.97 Å². The minimum Gasteiger partial charge on any atom is -0.508 e. The molecule has 0 saturated carbocycles. The van der Waals surface area contributed by atoms with Gasteiger partial charge in [0.25, 0.3) is 0 Å². The number of hydrogen-bond donors (Lipinski definition) is 1. The van der Waals surface area contributed by atoms with Crippen LogP contribution in [-0.4, -0.2) is 24.0 Å². The minimum atomic E-state index is -0.427. The van der Waals surface area contributed by atoms with Gasteiger partial charge in [-0.1, -0.05) is 12.1 Å². The Bertz CT molecular complexity index is 629. The molecule has 0 aromatic heterocycles. The highest BCUT2D eigenvalue weighted by molar-refractivity contribution is 5.98. The smallest absolute Gasteiger partial charge is 0.337 e. The number of ketones is 1. The maximum atomic E-state index is 12.1. The molecule has 102 valence electrons. The molecular formula is C16H14O4. The highest BCUT2D eigenvalue weighted by Gasteiger charge is 2.10. The zero-order chi connectivity index (χ0) is 14.5. The van der Waals surface area contributed by atoms with Gasteiger partial charge in [0.1, 0.15) is 5.75 Å². The molecule has 2 rings (SSSR count). The second-order valence-electron chi connectivity index (χ2n) is 4.34. The molecule has 0 aliphatic rings. The maximum absolute atomic E-state index is 12.1. The average Bonchev–Trinajstić information content (AvgIpc) is 2.47. The predicted molar refractivity (Wildman–Crippen MR) is 73.9 cm³/mol. The van der Waals surface area contributed by atoms with Crippen LogP contribution < -0.4 is 0 Å². The van der Waals surface area contributed by atoms with Crippen LogP contribution in [0.5, 0.6) is 5.75 Å². The van der Waals surface area contributed by atoms with Crippen LogP contribution in [0.4, 0.5) is 0 Å². The lowest BCUT2D eigenvalue weighted by Crippen LogP contribution is -2.06. The van der Waals surface area contributed by atoms with Crippen molar-refractivity contribution in [3.63, 3.8) is 0 Å². The molecular weight excluding hydrogens is 256 g/mol. The van der Waals surface area contributed by atoms with Gasteiger partial charge in [0.05, 0.1) is 12.7 Å². The summed E-state index contributed by atoms with van der Waals surface area (Å²) in [7, 11) is 1.32. The van der Waals surface area contributed by atoms with E-state index in [2.05, 4.69) is 4.74 Å². The summed E-state index contributed by atoms with van der Waals surface area (Å²) in [6.45, 7) is 0. The van der Waals surface area contributed by atoms with Crippen molar-refractivity contribution in [3.8, 4) is 5.75 Å². The molecule has 0 radical (unpaired) electrons. The van der Waals surface area contributed by atoms with E-state index in [-0.39, 0.29) is 18.0 Å². The molecule has 0 aliphatic carbocycles. The third-order valence-corrected chi connectivity index (χ3v) is 2.90. The molecule has 2 aromatic rings. The summed E-state index contributed by atoms with van der Waals surface area (Å²) in [4.78, 5) is 23.5. The molecule has 0 amide bonds. The van der Waals surface area contributed by atoms with E-state index >= 15 is 0 Å². The predicted octanol–water partition coefficient (Wildman–Crippen LogP) is 2.60. The number of carbonyl (C=O) groups is 2. The van der Waals surface area contributed by atoms with Crippen LogP contribution in [0.3, 0.4) is 0 Å². The number of aromatic hydroxyl groups is 1. The van der Waals surface area contributed by atoms with Crippen LogP contribution in [0.15, 0.2) is 48.5 Å². The Labute approximate surface area is 116 Å². The van der Waals surface area contributed by atoms with E-state index in [9.17, 15) is 14.7 Å². The number of carbonyl (C=O) groups excluding carboxylic acids is 2. The quantitative estimate of drug-likeness (QED) is 0.685. The summed E-state index contributed by atoms with van der Waals surface area (Å²) >= 11 is 0. The number of rotatable bonds is 4. The van der Waals surface area contributed by atoms with Crippen molar-refractivity contribution in [2.24, 2.45) is 0 Å². The molecule has 4 heteroatoms. The van der Waals surface area contributed by atoms with Crippen molar-refractivity contribution in [2.45, 2.75) is 6.42 Å². The number of Topliss-reactive ketones (excluding diaryl/α,β-unsaturated/α-hetero) is 1. The van der Waals surface area contributed by atoms with Crippen molar-refractivity contribution in [1.29, 1.82) is 0 Å². The number of hydrogen-bond acceptors (Lipinski definition) is 4. The summed E-state index contributed by atoms with van der Waals surface area (Å²) in [6.07, 6.45) is 0.190. The van der Waals surface area contributed by atoms with Gasteiger partial charge in [-0.25, -0.2) is 4.79 Å². The van der Waals surface area contributed by atoms with Gasteiger partial charge in [-0.2, -0.15) is 0 Å². The SMILES string of the molecule is COC(=O)c1cccc(CC(=O)c2ccc(O)cc2)c1. The lowest BCUT2D eigenvalue weighted by molar-refractivity contribution is 0.0600. The van der Waals surface area contributed by atoms with Gasteiger partial charge in [-0.15, -0.1) is 0 Å². The summed E-state index contributed by atoms with van der Waals surface area (Å²) in [6, 6.07) is 12.9. The largest absolute Gasteiger partial charge is 0.508 e. The van der Waals surface area contributed by atoms with E-state index in [0.717, 1.165) is 5.56 Å². The number of phenols is 1. The molecule has 2 aromatic carbocycles. The minimum absolute atomic E-state index is 0.0768. The van der Waals surface area contributed by atoms with Crippen molar-refractivity contribution < 1.29 is 19.4 Å². The Kier molecular flexibility index (Phi) is 4.15. The number of ether oxygens (including phenoxy) is 1. The van der Waals surface area contributed by atoms with Gasteiger partial charge in [0, 0.05) is 12.0 Å². The second-order valence-corrected chi connectivity index (χ2v) is 4.34.